The molecule has 0 aliphatic carbocycles. The van der Waals surface area contributed by atoms with Gasteiger partial charge in [0.05, 0.1) is 28.6 Å². The van der Waals surface area contributed by atoms with Crippen molar-refractivity contribution in [3.8, 4) is 0 Å². The smallest absolute Gasteiger partial charge is 0.226 e. The van der Waals surface area contributed by atoms with E-state index in [9.17, 15) is 4.79 Å². The number of aryl methyl sites for hydroxylation is 2. The molecule has 4 nitrogen and oxygen atoms in total. The van der Waals surface area contributed by atoms with Crippen molar-refractivity contribution in [2.24, 2.45) is 0 Å². The van der Waals surface area contributed by atoms with Gasteiger partial charge < -0.3 is 5.32 Å². The van der Waals surface area contributed by atoms with Gasteiger partial charge in [-0.1, -0.05) is 53.7 Å². The molecule has 6 heteroatoms. The molecule has 0 atom stereocenters. The summed E-state index contributed by atoms with van der Waals surface area (Å²) < 4.78 is 1.78. The van der Waals surface area contributed by atoms with Crippen LogP contribution in [0.15, 0.2) is 64.4 Å². The minimum Gasteiger partial charge on any atom is -0.325 e. The number of amides is 1. The van der Waals surface area contributed by atoms with Gasteiger partial charge in [0.15, 0.2) is 0 Å². The first-order chi connectivity index (χ1) is 12.5. The summed E-state index contributed by atoms with van der Waals surface area (Å²) in [5.74, 6) is -0.0465. The highest BCUT2D eigenvalue weighted by Gasteiger charge is 2.12. The van der Waals surface area contributed by atoms with Gasteiger partial charge in [0.1, 0.15) is 0 Å². The van der Waals surface area contributed by atoms with Gasteiger partial charge in [-0.25, -0.2) is 0 Å². The second kappa shape index (κ2) is 8.43. The fourth-order valence-corrected chi connectivity index (χ4v) is 3.65. The number of rotatable bonds is 6. The fourth-order valence-electron chi connectivity index (χ4n) is 2.59. The van der Waals surface area contributed by atoms with Crippen molar-refractivity contribution in [2.45, 2.75) is 36.6 Å². The van der Waals surface area contributed by atoms with Crippen LogP contribution >= 0.6 is 23.4 Å². The van der Waals surface area contributed by atoms with Crippen LogP contribution in [0.25, 0.3) is 0 Å². The Kier molecular flexibility index (Phi) is 6.01. The van der Waals surface area contributed by atoms with Crippen molar-refractivity contribution in [3.05, 3.63) is 71.0 Å². The van der Waals surface area contributed by atoms with Gasteiger partial charge in [-0.05, 0) is 38.1 Å². The molecule has 0 radical (unpaired) electrons. The van der Waals surface area contributed by atoms with Crippen LogP contribution in [0.1, 0.15) is 17.8 Å². The number of hydrogen-bond acceptors (Lipinski definition) is 3. The Morgan fingerprint density at radius 1 is 1.12 bits per heavy atom. The van der Waals surface area contributed by atoms with E-state index < -0.39 is 0 Å². The van der Waals surface area contributed by atoms with Crippen molar-refractivity contribution >= 4 is 35.0 Å². The Hall–Kier alpha value is -2.24. The van der Waals surface area contributed by atoms with Crippen LogP contribution in [0.4, 0.5) is 5.69 Å². The second-order valence-corrected chi connectivity index (χ2v) is 7.41. The van der Waals surface area contributed by atoms with Gasteiger partial charge in [0, 0.05) is 16.2 Å². The zero-order chi connectivity index (χ0) is 18.5. The Balaban J connectivity index is 1.65. The van der Waals surface area contributed by atoms with Crippen molar-refractivity contribution in [1.29, 1.82) is 0 Å². The second-order valence-electron chi connectivity index (χ2n) is 5.92. The number of aromatic nitrogens is 2. The minimum absolute atomic E-state index is 0.0465. The lowest BCUT2D eigenvalue weighted by Gasteiger charge is -2.11. The maximum Gasteiger partial charge on any atom is 0.226 e. The lowest BCUT2D eigenvalue weighted by molar-refractivity contribution is -0.116. The van der Waals surface area contributed by atoms with E-state index in [2.05, 4.69) is 22.5 Å². The summed E-state index contributed by atoms with van der Waals surface area (Å²) in [7, 11) is 0. The normalized spacial score (nSPS) is 10.7. The third kappa shape index (κ3) is 4.48. The highest BCUT2D eigenvalue weighted by Crippen LogP contribution is 2.33. The van der Waals surface area contributed by atoms with E-state index in [0.717, 1.165) is 26.9 Å². The molecule has 1 amide bonds. The van der Waals surface area contributed by atoms with Crippen molar-refractivity contribution < 1.29 is 4.79 Å². The predicted molar refractivity (Wildman–Crippen MR) is 107 cm³/mol. The average Bonchev–Trinajstić information content (AvgIpc) is 2.89. The number of halogens is 1. The van der Waals surface area contributed by atoms with E-state index in [1.807, 2.05) is 56.3 Å². The van der Waals surface area contributed by atoms with Crippen LogP contribution < -0.4 is 5.32 Å². The molecule has 0 fully saturated rings. The number of anilines is 1. The van der Waals surface area contributed by atoms with Gasteiger partial charge in [-0.15, -0.1) is 0 Å². The molecule has 0 unspecified atom stereocenters. The maximum atomic E-state index is 12.4. The number of hydrogen-bond donors (Lipinski definition) is 1. The third-order valence-electron chi connectivity index (χ3n) is 3.98. The molecule has 26 heavy (non-hydrogen) atoms. The van der Waals surface area contributed by atoms with Crippen LogP contribution in [0, 0.1) is 13.8 Å². The topological polar surface area (TPSA) is 46.9 Å². The fraction of sp³-hybridized carbons (Fsp3) is 0.200. The minimum atomic E-state index is -0.0465. The van der Waals surface area contributed by atoms with Crippen LogP contribution in [0.3, 0.4) is 0 Å². The molecule has 0 spiro atoms. The molecule has 0 saturated carbocycles. The third-order valence-corrected chi connectivity index (χ3v) is 5.61. The van der Waals surface area contributed by atoms with Crippen molar-refractivity contribution in [2.75, 3.05) is 5.32 Å². The van der Waals surface area contributed by atoms with E-state index in [0.29, 0.717) is 18.0 Å². The van der Waals surface area contributed by atoms with Gasteiger partial charge in [0.2, 0.25) is 5.91 Å². The lowest BCUT2D eigenvalue weighted by atomic mass is 10.3. The number of benzene rings is 2. The molecule has 134 valence electrons. The Bertz CT molecular complexity index is 909. The van der Waals surface area contributed by atoms with Gasteiger partial charge in [-0.3, -0.25) is 9.48 Å². The standard InChI is InChI=1S/C20H20ClN3OS/c1-14-20(21)15(2)24(23-14)13-12-19(25)22-17-10-6-7-11-18(17)26-16-8-4-3-5-9-16/h3-11H,12-13H2,1-2H3,(H,22,25). The van der Waals surface area contributed by atoms with E-state index in [-0.39, 0.29) is 5.91 Å². The average molecular weight is 386 g/mol. The quantitative estimate of drug-likeness (QED) is 0.623. The van der Waals surface area contributed by atoms with E-state index in [4.69, 9.17) is 11.6 Å². The van der Waals surface area contributed by atoms with Gasteiger partial charge in [0.25, 0.3) is 0 Å². The molecule has 1 aromatic heterocycles. The molecule has 2 aromatic carbocycles. The number of nitrogens with zero attached hydrogens (tertiary/aromatic N) is 2. The highest BCUT2D eigenvalue weighted by molar-refractivity contribution is 7.99. The number of nitrogens with one attached hydrogen (secondary N) is 1. The van der Waals surface area contributed by atoms with Crippen LogP contribution in [0.2, 0.25) is 5.02 Å². The molecule has 0 aliphatic rings. The molecule has 0 bridgehead atoms. The van der Waals surface area contributed by atoms with E-state index >= 15 is 0 Å². The first kappa shape index (κ1) is 18.5. The largest absolute Gasteiger partial charge is 0.325 e. The Morgan fingerprint density at radius 2 is 1.81 bits per heavy atom. The number of carbonyl (C=O) groups is 1. The summed E-state index contributed by atoms with van der Waals surface area (Å²) in [6, 6.07) is 17.9. The number of carbonyl (C=O) groups excluding carboxylic acids is 1. The molecule has 0 aliphatic heterocycles. The van der Waals surface area contributed by atoms with Gasteiger partial charge in [-0.2, -0.15) is 5.10 Å². The molecule has 3 aromatic rings. The molecule has 3 rings (SSSR count). The summed E-state index contributed by atoms with van der Waals surface area (Å²) in [6.07, 6.45) is 0.336. The SMILES string of the molecule is Cc1nn(CCC(=O)Nc2ccccc2Sc2ccccc2)c(C)c1Cl. The van der Waals surface area contributed by atoms with E-state index in [1.54, 1.807) is 16.4 Å². The summed E-state index contributed by atoms with van der Waals surface area (Å²) in [5, 5.41) is 8.03. The lowest BCUT2D eigenvalue weighted by Crippen LogP contribution is -2.16. The molecule has 1 N–H and O–H groups in total. The molecule has 0 saturated heterocycles. The first-order valence-electron chi connectivity index (χ1n) is 8.36. The molecular formula is C20H20ClN3OS. The summed E-state index contributed by atoms with van der Waals surface area (Å²) in [6.45, 7) is 4.27. The summed E-state index contributed by atoms with van der Waals surface area (Å²) in [5.41, 5.74) is 2.49. The van der Waals surface area contributed by atoms with Crippen LogP contribution in [0.5, 0.6) is 0 Å². The zero-order valence-corrected chi connectivity index (χ0v) is 16.3. The summed E-state index contributed by atoms with van der Waals surface area (Å²) in [4.78, 5) is 14.5. The van der Waals surface area contributed by atoms with Crippen molar-refractivity contribution in [1.82, 2.24) is 9.78 Å². The van der Waals surface area contributed by atoms with E-state index in [1.165, 1.54) is 0 Å². The number of para-hydroxylation sites is 1. The van der Waals surface area contributed by atoms with Crippen LogP contribution in [-0.2, 0) is 11.3 Å². The zero-order valence-electron chi connectivity index (χ0n) is 14.7. The van der Waals surface area contributed by atoms with Crippen molar-refractivity contribution in [3.63, 3.8) is 0 Å². The maximum absolute atomic E-state index is 12.4. The monoisotopic (exact) mass is 385 g/mol. The van der Waals surface area contributed by atoms with Gasteiger partial charge >= 0.3 is 0 Å². The first-order valence-corrected chi connectivity index (χ1v) is 9.55. The predicted octanol–water partition coefficient (Wildman–Crippen LogP) is 5.33. The Morgan fingerprint density at radius 3 is 2.50 bits per heavy atom. The molecular weight excluding hydrogens is 366 g/mol. The highest BCUT2D eigenvalue weighted by atomic mass is 35.5. The Labute approximate surface area is 162 Å². The summed E-state index contributed by atoms with van der Waals surface area (Å²) >= 11 is 7.78. The molecule has 1 heterocycles. The van der Waals surface area contributed by atoms with Crippen LogP contribution in [-0.4, -0.2) is 15.7 Å².